The Labute approximate surface area is 207 Å². The summed E-state index contributed by atoms with van der Waals surface area (Å²) < 4.78 is 21.5. The van der Waals surface area contributed by atoms with Gasteiger partial charge in [-0.3, -0.25) is 9.59 Å². The van der Waals surface area contributed by atoms with Crippen molar-refractivity contribution >= 4 is 39.8 Å². The molecule has 0 aliphatic carbocycles. The largest absolute Gasteiger partial charge is 0.497 e. The summed E-state index contributed by atoms with van der Waals surface area (Å²) >= 11 is 0. The van der Waals surface area contributed by atoms with E-state index >= 15 is 0 Å². The first kappa shape index (κ1) is 26.2. The Morgan fingerprint density at radius 1 is 1.17 bits per heavy atom. The lowest BCUT2D eigenvalue weighted by Crippen LogP contribution is -2.42. The Kier molecular flexibility index (Phi) is 8.13. The van der Waals surface area contributed by atoms with Crippen molar-refractivity contribution in [2.24, 2.45) is 7.05 Å². The normalized spacial score (nSPS) is 12.1. The van der Waals surface area contributed by atoms with E-state index in [2.05, 4.69) is 10.3 Å². The number of aromatic nitrogens is 2. The number of amides is 2. The van der Waals surface area contributed by atoms with Crippen LogP contribution in [0.4, 0.5) is 5.95 Å². The van der Waals surface area contributed by atoms with Gasteiger partial charge in [0.05, 0.1) is 36.1 Å². The van der Waals surface area contributed by atoms with Crippen LogP contribution in [0.2, 0.25) is 0 Å². The second kappa shape index (κ2) is 10.9. The van der Waals surface area contributed by atoms with Gasteiger partial charge in [-0.15, -0.1) is 0 Å². The van der Waals surface area contributed by atoms with Gasteiger partial charge in [0.1, 0.15) is 16.7 Å². The van der Waals surface area contributed by atoms with Crippen LogP contribution in [0.15, 0.2) is 35.2 Å². The van der Waals surface area contributed by atoms with E-state index in [1.54, 1.807) is 25.8 Å². The number of rotatable bonds is 9. The van der Waals surface area contributed by atoms with Gasteiger partial charge in [-0.1, -0.05) is 6.07 Å². The van der Waals surface area contributed by atoms with Gasteiger partial charge >= 0.3 is 0 Å². The molecule has 0 spiro atoms. The molecule has 0 aliphatic rings. The van der Waals surface area contributed by atoms with Crippen LogP contribution in [-0.2, 0) is 34.2 Å². The van der Waals surface area contributed by atoms with Gasteiger partial charge in [0.25, 0.3) is 0 Å². The van der Waals surface area contributed by atoms with Crippen molar-refractivity contribution in [1.82, 2.24) is 24.1 Å². The number of aryl methyl sites for hydroxylation is 3. The highest BCUT2D eigenvalue weighted by molar-refractivity contribution is 7.82. The van der Waals surface area contributed by atoms with E-state index in [9.17, 15) is 13.8 Å². The van der Waals surface area contributed by atoms with Gasteiger partial charge in [-0.05, 0) is 54.8 Å². The Bertz CT molecular complexity index is 1270. The molecule has 2 amide bonds. The van der Waals surface area contributed by atoms with Crippen molar-refractivity contribution in [3.63, 3.8) is 0 Å². The molecule has 0 fully saturated rings. The fraction of sp³-hybridized carbons (Fsp3) is 0.375. The van der Waals surface area contributed by atoms with Gasteiger partial charge < -0.3 is 25.3 Å². The summed E-state index contributed by atoms with van der Waals surface area (Å²) in [5.41, 5.74) is 10.1. The lowest BCUT2D eigenvalue weighted by atomic mass is 10.1. The number of ether oxygens (including phenoxy) is 1. The number of likely N-dealkylation sites (N-methyl/N-ethyl adjacent to an activating group) is 2. The van der Waals surface area contributed by atoms with Crippen LogP contribution in [0.25, 0.3) is 11.0 Å². The van der Waals surface area contributed by atoms with E-state index in [0.29, 0.717) is 23.1 Å². The molecule has 3 N–H and O–H groups in total. The predicted octanol–water partition coefficient (Wildman–Crippen LogP) is 1.51. The van der Waals surface area contributed by atoms with Crippen LogP contribution in [0.3, 0.4) is 0 Å². The molecule has 3 rings (SSSR count). The molecule has 188 valence electrons. The zero-order valence-electron chi connectivity index (χ0n) is 20.9. The van der Waals surface area contributed by atoms with Gasteiger partial charge in [0, 0.05) is 27.7 Å². The molecular weight excluding hydrogens is 468 g/mol. The van der Waals surface area contributed by atoms with Gasteiger partial charge in [0.2, 0.25) is 17.8 Å². The van der Waals surface area contributed by atoms with Crippen LogP contribution in [0.1, 0.15) is 16.7 Å². The minimum atomic E-state index is -1.54. The summed E-state index contributed by atoms with van der Waals surface area (Å²) in [6, 6.07) is 9.34. The molecule has 0 radical (unpaired) electrons. The average Bonchev–Trinajstić information content (AvgIpc) is 3.09. The molecule has 0 bridgehead atoms. The third-order valence-corrected chi connectivity index (χ3v) is 7.44. The molecule has 1 heterocycles. The molecule has 1 atom stereocenters. The van der Waals surface area contributed by atoms with Crippen molar-refractivity contribution < 1.29 is 18.5 Å². The number of methoxy groups -OCH3 is 1. The summed E-state index contributed by atoms with van der Waals surface area (Å²) in [4.78, 5) is 31.5. The third kappa shape index (κ3) is 5.98. The molecule has 11 heteroatoms. The maximum atomic E-state index is 13.0. The maximum absolute atomic E-state index is 13.0. The number of fused-ring (bicyclic) bond motifs is 1. The summed E-state index contributed by atoms with van der Waals surface area (Å²) in [7, 11) is 5.16. The Hall–Kier alpha value is -3.44. The van der Waals surface area contributed by atoms with E-state index in [1.165, 1.54) is 9.21 Å². The molecule has 10 nitrogen and oxygen atoms in total. The Balaban J connectivity index is 1.53. The topological polar surface area (TPSA) is 123 Å². The molecule has 1 aromatic heterocycles. The number of carbonyl (C=O) groups excluding carboxylic acids is 2. The fourth-order valence-electron chi connectivity index (χ4n) is 3.81. The molecule has 0 saturated carbocycles. The van der Waals surface area contributed by atoms with E-state index in [1.807, 2.05) is 51.2 Å². The van der Waals surface area contributed by atoms with Crippen LogP contribution in [0.5, 0.6) is 5.75 Å². The first-order chi connectivity index (χ1) is 16.5. The lowest BCUT2D eigenvalue weighted by Gasteiger charge is -2.20. The van der Waals surface area contributed by atoms with Crippen molar-refractivity contribution in [3.8, 4) is 5.75 Å². The Morgan fingerprint density at radius 3 is 2.46 bits per heavy atom. The van der Waals surface area contributed by atoms with Gasteiger partial charge in [-0.2, -0.15) is 0 Å². The minimum Gasteiger partial charge on any atom is -0.497 e. The second-order valence-corrected chi connectivity index (χ2v) is 10.0. The highest BCUT2D eigenvalue weighted by Gasteiger charge is 2.20. The zero-order valence-corrected chi connectivity index (χ0v) is 21.7. The summed E-state index contributed by atoms with van der Waals surface area (Å²) in [5, 5.41) is 2.62. The van der Waals surface area contributed by atoms with Gasteiger partial charge in [0.15, 0.2) is 0 Å². The number of nitrogens with one attached hydrogen (secondary N) is 1. The van der Waals surface area contributed by atoms with Crippen LogP contribution in [0, 0.1) is 13.8 Å². The molecule has 0 aliphatic heterocycles. The molecule has 2 aromatic carbocycles. The number of hydrogen-bond acceptors (Lipinski definition) is 6. The lowest BCUT2D eigenvalue weighted by molar-refractivity contribution is -0.132. The van der Waals surface area contributed by atoms with E-state index in [4.69, 9.17) is 10.5 Å². The SMILES string of the molecule is COc1cc(C)c(S(=O)N(C)CC(=O)NCC(=O)N(C)Cc2ccc3c(c2)nc(N)n3C)c(C)c1. The van der Waals surface area contributed by atoms with Crippen molar-refractivity contribution in [2.45, 2.75) is 25.3 Å². The van der Waals surface area contributed by atoms with Crippen LogP contribution in [-0.4, -0.2) is 69.1 Å². The number of nitrogens with zero attached hydrogens (tertiary/aromatic N) is 4. The summed E-state index contributed by atoms with van der Waals surface area (Å²) in [6.45, 7) is 3.79. The van der Waals surface area contributed by atoms with Crippen molar-refractivity contribution in [3.05, 3.63) is 47.0 Å². The van der Waals surface area contributed by atoms with Gasteiger partial charge in [-0.25, -0.2) is 13.5 Å². The quantitative estimate of drug-likeness (QED) is 0.459. The summed E-state index contributed by atoms with van der Waals surface area (Å²) in [6.07, 6.45) is 0. The highest BCUT2D eigenvalue weighted by atomic mass is 32.2. The van der Waals surface area contributed by atoms with Crippen molar-refractivity contribution in [1.29, 1.82) is 0 Å². The molecule has 0 saturated heterocycles. The Morgan fingerprint density at radius 2 is 1.83 bits per heavy atom. The first-order valence-corrected chi connectivity index (χ1v) is 12.1. The van der Waals surface area contributed by atoms with Crippen LogP contribution < -0.4 is 15.8 Å². The van der Waals surface area contributed by atoms with E-state index in [-0.39, 0.29) is 19.0 Å². The third-order valence-electron chi connectivity index (χ3n) is 5.76. The standard InChI is InChI=1S/C24H32N6O4S/c1-15-9-18(34-6)10-16(2)23(15)35(33)29(4)14-21(31)26-12-22(32)28(3)13-17-7-8-20-19(11-17)27-24(25)30(20)5/h7-11H,12-14H2,1-6H3,(H2,25,27)(H,26,31). The van der Waals surface area contributed by atoms with Crippen LogP contribution >= 0.6 is 0 Å². The minimum absolute atomic E-state index is 0.119. The highest BCUT2D eigenvalue weighted by Crippen LogP contribution is 2.25. The average molecular weight is 501 g/mol. The number of benzene rings is 2. The van der Waals surface area contributed by atoms with E-state index in [0.717, 1.165) is 27.7 Å². The molecule has 1 unspecified atom stereocenters. The number of imidazole rings is 1. The summed E-state index contributed by atoms with van der Waals surface area (Å²) in [5.74, 6) is 0.474. The molecular formula is C24H32N6O4S. The number of nitrogen functional groups attached to an aromatic ring is 1. The predicted molar refractivity (Wildman–Crippen MR) is 136 cm³/mol. The monoisotopic (exact) mass is 500 g/mol. The number of nitrogens with two attached hydrogens (primary N) is 1. The maximum Gasteiger partial charge on any atom is 0.242 e. The molecule has 35 heavy (non-hydrogen) atoms. The number of hydrogen-bond donors (Lipinski definition) is 2. The first-order valence-electron chi connectivity index (χ1n) is 11.0. The zero-order chi connectivity index (χ0) is 25.9. The smallest absolute Gasteiger partial charge is 0.242 e. The number of anilines is 1. The van der Waals surface area contributed by atoms with Crippen molar-refractivity contribution in [2.75, 3.05) is 40.0 Å². The van der Waals surface area contributed by atoms with E-state index < -0.39 is 16.9 Å². The fourth-order valence-corrected chi connectivity index (χ4v) is 5.02. The second-order valence-electron chi connectivity index (χ2n) is 8.50. The number of carbonyl (C=O) groups is 2. The molecule has 3 aromatic rings.